The minimum absolute atomic E-state index is 0.0211. The van der Waals surface area contributed by atoms with Crippen LogP contribution in [0.1, 0.15) is 45.6 Å². The highest BCUT2D eigenvalue weighted by atomic mass is 35.5. The molecular formula is C27H35Cl2N3O6S. The quantitative estimate of drug-likeness (QED) is 0.381. The lowest BCUT2D eigenvalue weighted by molar-refractivity contribution is -0.141. The summed E-state index contributed by atoms with van der Waals surface area (Å²) >= 11 is 12.4. The molecule has 2 aromatic rings. The fourth-order valence-electron chi connectivity index (χ4n) is 4.32. The molecule has 0 spiro atoms. The Morgan fingerprint density at radius 2 is 1.74 bits per heavy atom. The SMILES string of the molecule is CC[C@@H](C(=O)NC(C)C)N(Cc1ccc(Cl)cc1Cl)C(=O)CCCN(c1ccc2c(c1)OCCO2)S(C)(=O)=O. The van der Waals surface area contributed by atoms with E-state index in [-0.39, 0.29) is 43.8 Å². The first-order chi connectivity index (χ1) is 18.4. The van der Waals surface area contributed by atoms with E-state index in [4.69, 9.17) is 32.7 Å². The lowest BCUT2D eigenvalue weighted by Crippen LogP contribution is -2.50. The summed E-state index contributed by atoms with van der Waals surface area (Å²) in [6.07, 6.45) is 1.76. The second kappa shape index (κ2) is 13.6. The Kier molecular flexibility index (Phi) is 10.7. The largest absolute Gasteiger partial charge is 0.486 e. The van der Waals surface area contributed by atoms with Crippen molar-refractivity contribution in [1.82, 2.24) is 10.2 Å². The van der Waals surface area contributed by atoms with Crippen molar-refractivity contribution in [3.63, 3.8) is 0 Å². The molecule has 2 amide bonds. The van der Waals surface area contributed by atoms with Crippen molar-refractivity contribution < 1.29 is 27.5 Å². The number of nitrogens with one attached hydrogen (secondary N) is 1. The molecule has 2 aromatic carbocycles. The third-order valence-corrected chi connectivity index (χ3v) is 7.92. The summed E-state index contributed by atoms with van der Waals surface area (Å²) in [5.41, 5.74) is 1.07. The van der Waals surface area contributed by atoms with Gasteiger partial charge in [0.15, 0.2) is 11.5 Å². The molecule has 0 fully saturated rings. The van der Waals surface area contributed by atoms with Crippen LogP contribution in [0, 0.1) is 0 Å². The molecule has 1 atom stereocenters. The van der Waals surface area contributed by atoms with E-state index in [1.807, 2.05) is 20.8 Å². The molecule has 1 heterocycles. The van der Waals surface area contributed by atoms with Gasteiger partial charge < -0.3 is 19.7 Å². The topological polar surface area (TPSA) is 105 Å². The zero-order valence-corrected chi connectivity index (χ0v) is 24.9. The van der Waals surface area contributed by atoms with Crippen molar-refractivity contribution in [3.05, 3.63) is 52.0 Å². The van der Waals surface area contributed by atoms with Gasteiger partial charge in [-0.3, -0.25) is 13.9 Å². The highest BCUT2D eigenvalue weighted by Crippen LogP contribution is 2.35. The van der Waals surface area contributed by atoms with Gasteiger partial charge in [0.05, 0.1) is 11.9 Å². The molecule has 3 rings (SSSR count). The molecule has 1 N–H and O–H groups in total. The molecule has 0 aromatic heterocycles. The summed E-state index contributed by atoms with van der Waals surface area (Å²) in [4.78, 5) is 28.1. The number of amides is 2. The van der Waals surface area contributed by atoms with E-state index in [9.17, 15) is 18.0 Å². The number of sulfonamides is 1. The van der Waals surface area contributed by atoms with Gasteiger partial charge in [-0.25, -0.2) is 8.42 Å². The van der Waals surface area contributed by atoms with Crippen molar-refractivity contribution in [3.8, 4) is 11.5 Å². The molecule has 1 aliphatic rings. The van der Waals surface area contributed by atoms with Crippen LogP contribution in [0.3, 0.4) is 0 Å². The van der Waals surface area contributed by atoms with E-state index < -0.39 is 16.1 Å². The van der Waals surface area contributed by atoms with Gasteiger partial charge in [0.25, 0.3) is 0 Å². The highest BCUT2D eigenvalue weighted by Gasteiger charge is 2.30. The van der Waals surface area contributed by atoms with Crippen molar-refractivity contribution in [1.29, 1.82) is 0 Å². The molecule has 39 heavy (non-hydrogen) atoms. The predicted molar refractivity (Wildman–Crippen MR) is 153 cm³/mol. The van der Waals surface area contributed by atoms with Crippen molar-refractivity contribution in [2.75, 3.05) is 30.3 Å². The van der Waals surface area contributed by atoms with Gasteiger partial charge in [0, 0.05) is 41.7 Å². The average molecular weight is 601 g/mol. The van der Waals surface area contributed by atoms with E-state index in [0.717, 1.165) is 6.26 Å². The summed E-state index contributed by atoms with van der Waals surface area (Å²) < 4.78 is 37.7. The first-order valence-electron chi connectivity index (χ1n) is 12.8. The Morgan fingerprint density at radius 1 is 1.05 bits per heavy atom. The number of carbonyl (C=O) groups excluding carboxylic acids is 2. The lowest BCUT2D eigenvalue weighted by atomic mass is 10.1. The molecule has 0 saturated carbocycles. The van der Waals surface area contributed by atoms with Gasteiger partial charge in [-0.15, -0.1) is 0 Å². The first-order valence-corrected chi connectivity index (χ1v) is 15.4. The molecule has 0 radical (unpaired) electrons. The summed E-state index contributed by atoms with van der Waals surface area (Å²) in [5.74, 6) is 0.467. The van der Waals surface area contributed by atoms with E-state index in [0.29, 0.717) is 52.4 Å². The maximum atomic E-state index is 13.5. The molecule has 214 valence electrons. The molecule has 0 saturated heterocycles. The number of halogens is 2. The molecule has 12 heteroatoms. The molecule has 0 unspecified atom stereocenters. The second-order valence-corrected chi connectivity index (χ2v) is 12.4. The first kappa shape index (κ1) is 30.8. The van der Waals surface area contributed by atoms with Crippen LogP contribution in [-0.2, 0) is 26.2 Å². The molecular weight excluding hydrogens is 565 g/mol. The van der Waals surface area contributed by atoms with Crippen LogP contribution in [0.15, 0.2) is 36.4 Å². The van der Waals surface area contributed by atoms with Crippen LogP contribution < -0.4 is 19.1 Å². The smallest absolute Gasteiger partial charge is 0.243 e. The Balaban J connectivity index is 1.79. The number of anilines is 1. The van der Waals surface area contributed by atoms with Crippen molar-refractivity contribution in [2.45, 2.75) is 58.7 Å². The highest BCUT2D eigenvalue weighted by molar-refractivity contribution is 7.92. The second-order valence-electron chi connectivity index (χ2n) is 9.61. The van der Waals surface area contributed by atoms with E-state index in [1.54, 1.807) is 36.4 Å². The molecule has 9 nitrogen and oxygen atoms in total. The Morgan fingerprint density at radius 3 is 2.36 bits per heavy atom. The van der Waals surface area contributed by atoms with Crippen LogP contribution in [0.5, 0.6) is 11.5 Å². The number of carbonyl (C=O) groups is 2. The summed E-state index contributed by atoms with van der Waals surface area (Å²) in [5, 5.41) is 3.74. The van der Waals surface area contributed by atoms with Gasteiger partial charge in [0.1, 0.15) is 19.3 Å². The lowest BCUT2D eigenvalue weighted by Gasteiger charge is -2.32. The number of hydrogen-bond donors (Lipinski definition) is 1. The Hall–Kier alpha value is -2.69. The van der Waals surface area contributed by atoms with Gasteiger partial charge in [-0.2, -0.15) is 0 Å². The number of benzene rings is 2. The van der Waals surface area contributed by atoms with Crippen LogP contribution in [0.25, 0.3) is 0 Å². The number of rotatable bonds is 12. The summed E-state index contributed by atoms with van der Waals surface area (Å²) in [7, 11) is -3.65. The minimum atomic E-state index is -3.65. The normalized spacial score (nSPS) is 13.6. The predicted octanol–water partition coefficient (Wildman–Crippen LogP) is 4.64. The molecule has 0 bridgehead atoms. The Bertz CT molecular complexity index is 1290. The standard InChI is InChI=1S/C27H35Cl2N3O6S/c1-5-23(27(34)30-18(2)3)31(17-19-8-9-20(28)15-22(19)29)26(33)7-6-12-32(39(4,35)36)21-10-11-24-25(16-21)38-14-13-37-24/h8-11,15-16,18,23H,5-7,12-14,17H2,1-4H3,(H,30,34)/t23-/m0/s1. The fourth-order valence-corrected chi connectivity index (χ4v) is 5.75. The van der Waals surface area contributed by atoms with Gasteiger partial charge >= 0.3 is 0 Å². The van der Waals surface area contributed by atoms with E-state index in [2.05, 4.69) is 5.32 Å². The zero-order valence-electron chi connectivity index (χ0n) is 22.6. The van der Waals surface area contributed by atoms with Crippen molar-refractivity contribution >= 4 is 50.7 Å². The maximum absolute atomic E-state index is 13.5. The Labute approximate surface area is 240 Å². The van der Waals surface area contributed by atoms with Crippen LogP contribution in [0.4, 0.5) is 5.69 Å². The van der Waals surface area contributed by atoms with Gasteiger partial charge in [0.2, 0.25) is 21.8 Å². The van der Waals surface area contributed by atoms with E-state index in [1.165, 1.54) is 9.21 Å². The van der Waals surface area contributed by atoms with Gasteiger partial charge in [-0.1, -0.05) is 36.2 Å². The number of hydrogen-bond acceptors (Lipinski definition) is 6. The summed E-state index contributed by atoms with van der Waals surface area (Å²) in [6, 6.07) is 9.11. The monoisotopic (exact) mass is 599 g/mol. The zero-order chi connectivity index (χ0) is 28.7. The van der Waals surface area contributed by atoms with Crippen molar-refractivity contribution in [2.24, 2.45) is 0 Å². The third kappa shape index (κ3) is 8.40. The van der Waals surface area contributed by atoms with Crippen LogP contribution in [0.2, 0.25) is 10.0 Å². The minimum Gasteiger partial charge on any atom is -0.486 e. The number of nitrogens with zero attached hydrogens (tertiary/aromatic N) is 2. The van der Waals surface area contributed by atoms with E-state index >= 15 is 0 Å². The fraction of sp³-hybridized carbons (Fsp3) is 0.481. The van der Waals surface area contributed by atoms with Gasteiger partial charge in [-0.05, 0) is 56.5 Å². The average Bonchev–Trinajstić information content (AvgIpc) is 2.86. The number of fused-ring (bicyclic) bond motifs is 1. The van der Waals surface area contributed by atoms with Crippen LogP contribution in [-0.4, -0.2) is 63.2 Å². The maximum Gasteiger partial charge on any atom is 0.243 e. The molecule has 1 aliphatic heterocycles. The third-order valence-electron chi connectivity index (χ3n) is 6.14. The summed E-state index contributed by atoms with van der Waals surface area (Å²) in [6.45, 7) is 6.51. The number of ether oxygens (including phenoxy) is 2. The molecule has 0 aliphatic carbocycles. The van der Waals surface area contributed by atoms with Crippen LogP contribution >= 0.6 is 23.2 Å².